The summed E-state index contributed by atoms with van der Waals surface area (Å²) < 4.78 is 13.2. The molecule has 192 valence electrons. The normalized spacial score (nSPS) is 20.0. The van der Waals surface area contributed by atoms with Crippen LogP contribution in [0.25, 0.3) is 16.8 Å². The van der Waals surface area contributed by atoms with E-state index in [1.807, 2.05) is 28.9 Å². The third-order valence-electron chi connectivity index (χ3n) is 7.61. The Morgan fingerprint density at radius 1 is 1.14 bits per heavy atom. The van der Waals surface area contributed by atoms with Crippen LogP contribution in [0.5, 0.6) is 5.75 Å². The summed E-state index contributed by atoms with van der Waals surface area (Å²) in [5.41, 5.74) is 4.24. The van der Waals surface area contributed by atoms with E-state index in [-0.39, 0.29) is 24.5 Å². The van der Waals surface area contributed by atoms with Gasteiger partial charge in [0.05, 0.1) is 30.8 Å². The van der Waals surface area contributed by atoms with Gasteiger partial charge in [-0.1, -0.05) is 55.4 Å². The molecule has 5 rings (SSSR count). The highest BCUT2D eigenvalue weighted by Crippen LogP contribution is 2.49. The van der Waals surface area contributed by atoms with Crippen LogP contribution < -0.4 is 4.74 Å². The number of benzene rings is 2. The van der Waals surface area contributed by atoms with Gasteiger partial charge in [-0.15, -0.1) is 0 Å². The minimum absolute atomic E-state index is 0.0670. The molecule has 0 amide bonds. The van der Waals surface area contributed by atoms with Gasteiger partial charge < -0.3 is 14.6 Å². The van der Waals surface area contributed by atoms with Crippen molar-refractivity contribution in [2.24, 2.45) is 11.8 Å². The molecule has 1 heterocycles. The summed E-state index contributed by atoms with van der Waals surface area (Å²) in [6, 6.07) is 16.4. The number of esters is 1. The SMILES string of the molecule is COC(=O)c1cnn(-c2cccc(-c3cccc(OC(C)C4CCCCC4)c3)c2)c1[C@@H]1C[C@H]1C#CCO. The van der Waals surface area contributed by atoms with Crippen LogP contribution in [-0.2, 0) is 4.74 Å². The molecule has 0 radical (unpaired) electrons. The summed E-state index contributed by atoms with van der Waals surface area (Å²) in [4.78, 5) is 12.5. The Morgan fingerprint density at radius 2 is 1.89 bits per heavy atom. The highest BCUT2D eigenvalue weighted by Gasteiger charge is 2.42. The van der Waals surface area contributed by atoms with Crippen molar-refractivity contribution in [1.82, 2.24) is 9.78 Å². The van der Waals surface area contributed by atoms with Crippen molar-refractivity contribution in [1.29, 1.82) is 0 Å². The summed E-state index contributed by atoms with van der Waals surface area (Å²) in [6.07, 6.45) is 9.02. The van der Waals surface area contributed by atoms with E-state index in [0.29, 0.717) is 11.5 Å². The first-order chi connectivity index (χ1) is 18.1. The van der Waals surface area contributed by atoms with Gasteiger partial charge in [-0.05, 0) is 67.5 Å². The van der Waals surface area contributed by atoms with Gasteiger partial charge in [0.1, 0.15) is 17.9 Å². The second-order valence-corrected chi connectivity index (χ2v) is 10.1. The first-order valence-corrected chi connectivity index (χ1v) is 13.2. The van der Waals surface area contributed by atoms with Crippen LogP contribution in [0.1, 0.15) is 67.4 Å². The van der Waals surface area contributed by atoms with Crippen molar-refractivity contribution < 1.29 is 19.4 Å². The summed E-state index contributed by atoms with van der Waals surface area (Å²) in [5.74, 6) is 7.08. The standard InChI is InChI=1S/C31H34N2O4/c1-21(22-9-4-3-5-10-22)37-27-15-7-12-24(18-27)23-11-6-14-26(17-23)33-30(28-19-25(28)13-8-16-34)29(20-32-33)31(35)36-2/h6-7,11-12,14-15,17-18,20-22,25,28,34H,3-5,9-10,16,19H2,1-2H3/t21?,25-,28-/m1/s1. The van der Waals surface area contributed by atoms with Gasteiger partial charge in [0.15, 0.2) is 0 Å². The molecular formula is C31H34N2O4. The smallest absolute Gasteiger partial charge is 0.341 e. The van der Waals surface area contributed by atoms with E-state index in [1.165, 1.54) is 39.2 Å². The van der Waals surface area contributed by atoms with Crippen LogP contribution in [0.15, 0.2) is 54.7 Å². The lowest BCUT2D eigenvalue weighted by Crippen LogP contribution is -2.25. The molecule has 0 bridgehead atoms. The zero-order valence-electron chi connectivity index (χ0n) is 21.5. The minimum atomic E-state index is -0.407. The Balaban J connectivity index is 1.42. The van der Waals surface area contributed by atoms with Gasteiger partial charge in [0.2, 0.25) is 0 Å². The number of carbonyl (C=O) groups excluding carboxylic acids is 1. The molecule has 0 spiro atoms. The second kappa shape index (κ2) is 11.2. The lowest BCUT2D eigenvalue weighted by molar-refractivity contribution is 0.0599. The first-order valence-electron chi connectivity index (χ1n) is 13.2. The largest absolute Gasteiger partial charge is 0.490 e. The molecule has 2 aromatic carbocycles. The highest BCUT2D eigenvalue weighted by molar-refractivity contribution is 5.91. The molecule has 2 aliphatic rings. The molecular weight excluding hydrogens is 464 g/mol. The predicted octanol–water partition coefficient (Wildman–Crippen LogP) is 5.77. The van der Waals surface area contributed by atoms with E-state index < -0.39 is 5.97 Å². The fraction of sp³-hybridized carbons (Fsp3) is 0.419. The zero-order valence-corrected chi connectivity index (χ0v) is 21.5. The van der Waals surface area contributed by atoms with Gasteiger partial charge >= 0.3 is 5.97 Å². The third-order valence-corrected chi connectivity index (χ3v) is 7.61. The van der Waals surface area contributed by atoms with Gasteiger partial charge in [-0.25, -0.2) is 9.48 Å². The number of hydrogen-bond acceptors (Lipinski definition) is 5. The summed E-state index contributed by atoms with van der Waals surface area (Å²) in [5, 5.41) is 13.6. The van der Waals surface area contributed by atoms with Crippen molar-refractivity contribution in [3.8, 4) is 34.4 Å². The van der Waals surface area contributed by atoms with Crippen molar-refractivity contribution in [3.05, 3.63) is 66.0 Å². The Morgan fingerprint density at radius 3 is 2.65 bits per heavy atom. The van der Waals surface area contributed by atoms with E-state index in [9.17, 15) is 4.79 Å². The molecule has 2 fully saturated rings. The number of ether oxygens (including phenoxy) is 2. The van der Waals surface area contributed by atoms with Crippen LogP contribution in [0.4, 0.5) is 0 Å². The van der Waals surface area contributed by atoms with Gasteiger partial charge in [-0.3, -0.25) is 0 Å². The molecule has 0 aliphatic heterocycles. The number of carbonyl (C=O) groups is 1. The summed E-state index contributed by atoms with van der Waals surface area (Å²) >= 11 is 0. The maximum Gasteiger partial charge on any atom is 0.341 e. The summed E-state index contributed by atoms with van der Waals surface area (Å²) in [6.45, 7) is 2.02. The molecule has 1 aromatic heterocycles. The molecule has 37 heavy (non-hydrogen) atoms. The van der Waals surface area contributed by atoms with E-state index in [0.717, 1.165) is 34.7 Å². The number of aliphatic hydroxyl groups excluding tert-OH is 1. The molecule has 1 unspecified atom stereocenters. The Bertz CT molecular complexity index is 1310. The van der Waals surface area contributed by atoms with Crippen LogP contribution in [-0.4, -0.2) is 40.7 Å². The average Bonchev–Trinajstić information content (AvgIpc) is 3.58. The fourth-order valence-electron chi connectivity index (χ4n) is 5.50. The van der Waals surface area contributed by atoms with Gasteiger partial charge in [0, 0.05) is 11.8 Å². The number of rotatable bonds is 7. The number of nitrogens with zero attached hydrogens (tertiary/aromatic N) is 2. The maximum absolute atomic E-state index is 12.5. The Kier molecular flexibility index (Phi) is 7.62. The summed E-state index contributed by atoms with van der Waals surface area (Å²) in [7, 11) is 1.38. The molecule has 6 nitrogen and oxygen atoms in total. The minimum Gasteiger partial charge on any atom is -0.490 e. The Hall–Kier alpha value is -3.56. The van der Waals surface area contributed by atoms with E-state index in [4.69, 9.17) is 14.6 Å². The van der Waals surface area contributed by atoms with Crippen LogP contribution in [0.2, 0.25) is 0 Å². The fourth-order valence-corrected chi connectivity index (χ4v) is 5.50. The maximum atomic E-state index is 12.5. The van der Waals surface area contributed by atoms with Crippen molar-refractivity contribution in [2.45, 2.75) is 57.5 Å². The zero-order chi connectivity index (χ0) is 25.8. The molecule has 6 heteroatoms. The number of hydrogen-bond donors (Lipinski definition) is 1. The molecule has 2 saturated carbocycles. The van der Waals surface area contributed by atoms with E-state index >= 15 is 0 Å². The molecule has 1 N–H and O–H groups in total. The second-order valence-electron chi connectivity index (χ2n) is 10.1. The van der Waals surface area contributed by atoms with Crippen LogP contribution in [0, 0.1) is 23.7 Å². The lowest BCUT2D eigenvalue weighted by atomic mass is 9.86. The number of methoxy groups -OCH3 is 1. The van der Waals surface area contributed by atoms with Gasteiger partial charge in [-0.2, -0.15) is 5.10 Å². The molecule has 3 aromatic rings. The van der Waals surface area contributed by atoms with Crippen LogP contribution >= 0.6 is 0 Å². The van der Waals surface area contributed by atoms with Crippen LogP contribution in [0.3, 0.4) is 0 Å². The average molecular weight is 499 g/mol. The lowest BCUT2D eigenvalue weighted by Gasteiger charge is -2.28. The molecule has 2 aliphatic carbocycles. The van der Waals surface area contributed by atoms with E-state index in [2.05, 4.69) is 48.1 Å². The topological polar surface area (TPSA) is 73.6 Å². The molecule has 3 atom stereocenters. The van der Waals surface area contributed by atoms with Crippen molar-refractivity contribution in [3.63, 3.8) is 0 Å². The monoisotopic (exact) mass is 498 g/mol. The number of aliphatic hydroxyl groups is 1. The van der Waals surface area contributed by atoms with Crippen molar-refractivity contribution in [2.75, 3.05) is 13.7 Å². The molecule has 0 saturated heterocycles. The Labute approximate surface area is 218 Å². The van der Waals surface area contributed by atoms with Crippen molar-refractivity contribution >= 4 is 5.97 Å². The van der Waals surface area contributed by atoms with E-state index in [1.54, 1.807) is 6.20 Å². The third kappa shape index (κ3) is 5.57. The van der Waals surface area contributed by atoms with Gasteiger partial charge in [0.25, 0.3) is 0 Å². The quantitative estimate of drug-likeness (QED) is 0.331. The first kappa shape index (κ1) is 25.1. The predicted molar refractivity (Wildman–Crippen MR) is 143 cm³/mol. The highest BCUT2D eigenvalue weighted by atomic mass is 16.5. The number of aromatic nitrogens is 2.